The fourth-order valence-electron chi connectivity index (χ4n) is 1.45. The van der Waals surface area contributed by atoms with Crippen LogP contribution in [-0.4, -0.2) is 18.1 Å². The number of benzene rings is 1. The van der Waals surface area contributed by atoms with Crippen LogP contribution in [0.1, 0.15) is 11.7 Å². The standard InChI is InChI=1S/C12H11BrN2O2S/c1-17-12(16)11(10-6-18-7-14-10)15-9-4-2-8(13)3-5-9/h2-7,11,15H,1H3. The number of thiazole rings is 1. The van der Waals surface area contributed by atoms with E-state index in [1.165, 1.54) is 18.4 Å². The molecule has 1 atom stereocenters. The number of aromatic nitrogens is 1. The second kappa shape index (κ2) is 5.97. The summed E-state index contributed by atoms with van der Waals surface area (Å²) in [5.74, 6) is -0.358. The van der Waals surface area contributed by atoms with E-state index < -0.39 is 6.04 Å². The molecular formula is C12H11BrN2O2S. The molecule has 0 saturated heterocycles. The molecule has 18 heavy (non-hydrogen) atoms. The predicted octanol–water partition coefficient (Wildman–Crippen LogP) is 3.23. The number of nitrogens with zero attached hydrogens (tertiary/aromatic N) is 1. The molecule has 0 aliphatic rings. The molecule has 1 N–H and O–H groups in total. The van der Waals surface area contributed by atoms with E-state index in [1.807, 2.05) is 29.6 Å². The smallest absolute Gasteiger partial charge is 0.334 e. The average Bonchev–Trinajstić information content (AvgIpc) is 2.91. The summed E-state index contributed by atoms with van der Waals surface area (Å²) in [4.78, 5) is 15.9. The van der Waals surface area contributed by atoms with Crippen molar-refractivity contribution in [3.8, 4) is 0 Å². The summed E-state index contributed by atoms with van der Waals surface area (Å²) in [5, 5.41) is 4.93. The second-order valence-electron chi connectivity index (χ2n) is 3.52. The lowest BCUT2D eigenvalue weighted by molar-refractivity contribution is -0.141. The summed E-state index contributed by atoms with van der Waals surface area (Å²) >= 11 is 4.81. The van der Waals surface area contributed by atoms with Crippen molar-refractivity contribution in [1.29, 1.82) is 0 Å². The van der Waals surface area contributed by atoms with E-state index in [0.717, 1.165) is 10.2 Å². The molecular weight excluding hydrogens is 316 g/mol. The van der Waals surface area contributed by atoms with Gasteiger partial charge in [-0.2, -0.15) is 0 Å². The third-order valence-corrected chi connectivity index (χ3v) is 3.47. The Morgan fingerprint density at radius 3 is 2.72 bits per heavy atom. The summed E-state index contributed by atoms with van der Waals surface area (Å²) in [5.41, 5.74) is 3.19. The van der Waals surface area contributed by atoms with Gasteiger partial charge in [-0.05, 0) is 24.3 Å². The largest absolute Gasteiger partial charge is 0.467 e. The molecule has 0 saturated carbocycles. The topological polar surface area (TPSA) is 51.2 Å². The molecule has 4 nitrogen and oxygen atoms in total. The number of nitrogens with one attached hydrogen (secondary N) is 1. The van der Waals surface area contributed by atoms with Crippen LogP contribution in [0.25, 0.3) is 0 Å². The normalized spacial score (nSPS) is 11.9. The van der Waals surface area contributed by atoms with Crippen molar-refractivity contribution >= 4 is 38.9 Å². The molecule has 0 radical (unpaired) electrons. The van der Waals surface area contributed by atoms with E-state index in [-0.39, 0.29) is 5.97 Å². The van der Waals surface area contributed by atoms with E-state index in [2.05, 4.69) is 26.2 Å². The van der Waals surface area contributed by atoms with Crippen LogP contribution in [0.15, 0.2) is 39.6 Å². The maximum absolute atomic E-state index is 11.8. The molecule has 6 heteroatoms. The highest BCUT2D eigenvalue weighted by Crippen LogP contribution is 2.22. The fourth-order valence-corrected chi connectivity index (χ4v) is 2.29. The Hall–Kier alpha value is -1.40. The van der Waals surface area contributed by atoms with E-state index in [1.54, 1.807) is 5.51 Å². The molecule has 2 rings (SSSR count). The lowest BCUT2D eigenvalue weighted by Gasteiger charge is -2.15. The van der Waals surface area contributed by atoms with Crippen LogP contribution in [0.2, 0.25) is 0 Å². The minimum atomic E-state index is -0.581. The van der Waals surface area contributed by atoms with Crippen LogP contribution in [0.5, 0.6) is 0 Å². The number of methoxy groups -OCH3 is 1. The Morgan fingerprint density at radius 2 is 2.17 bits per heavy atom. The van der Waals surface area contributed by atoms with Gasteiger partial charge < -0.3 is 10.1 Å². The van der Waals surface area contributed by atoms with Crippen molar-refractivity contribution in [3.05, 3.63) is 45.3 Å². The molecule has 0 spiro atoms. The van der Waals surface area contributed by atoms with Gasteiger partial charge in [0.15, 0.2) is 6.04 Å². The first kappa shape index (κ1) is 13.0. The summed E-state index contributed by atoms with van der Waals surface area (Å²) in [6.45, 7) is 0. The number of carbonyl (C=O) groups excluding carboxylic acids is 1. The monoisotopic (exact) mass is 326 g/mol. The van der Waals surface area contributed by atoms with E-state index >= 15 is 0 Å². The SMILES string of the molecule is COC(=O)C(Nc1ccc(Br)cc1)c1cscn1. The highest BCUT2D eigenvalue weighted by atomic mass is 79.9. The molecule has 1 unspecified atom stereocenters. The lowest BCUT2D eigenvalue weighted by Crippen LogP contribution is -2.22. The zero-order valence-electron chi connectivity index (χ0n) is 9.59. The number of hydrogen-bond donors (Lipinski definition) is 1. The van der Waals surface area contributed by atoms with Crippen LogP contribution in [-0.2, 0) is 9.53 Å². The van der Waals surface area contributed by atoms with Gasteiger partial charge in [-0.15, -0.1) is 11.3 Å². The van der Waals surface area contributed by atoms with E-state index in [0.29, 0.717) is 5.69 Å². The minimum Gasteiger partial charge on any atom is -0.467 e. The van der Waals surface area contributed by atoms with Gasteiger partial charge in [0, 0.05) is 15.5 Å². The van der Waals surface area contributed by atoms with Crippen molar-refractivity contribution < 1.29 is 9.53 Å². The van der Waals surface area contributed by atoms with Crippen LogP contribution in [0, 0.1) is 0 Å². The van der Waals surface area contributed by atoms with Crippen LogP contribution in [0.4, 0.5) is 5.69 Å². The van der Waals surface area contributed by atoms with Crippen LogP contribution >= 0.6 is 27.3 Å². The first-order valence-electron chi connectivity index (χ1n) is 5.18. The molecule has 1 aromatic carbocycles. The average molecular weight is 327 g/mol. The van der Waals surface area contributed by atoms with Crippen LogP contribution < -0.4 is 5.32 Å². The summed E-state index contributed by atoms with van der Waals surface area (Å²) < 4.78 is 5.77. The van der Waals surface area contributed by atoms with Gasteiger partial charge in [0.25, 0.3) is 0 Å². The molecule has 2 aromatic rings. The van der Waals surface area contributed by atoms with Gasteiger partial charge in [-0.3, -0.25) is 0 Å². The molecule has 94 valence electrons. The molecule has 0 aliphatic carbocycles. The predicted molar refractivity (Wildman–Crippen MR) is 74.6 cm³/mol. The quantitative estimate of drug-likeness (QED) is 0.876. The number of halogens is 1. The van der Waals surface area contributed by atoms with Gasteiger partial charge in [-0.25, -0.2) is 9.78 Å². The number of carbonyl (C=O) groups is 1. The van der Waals surface area contributed by atoms with Crippen molar-refractivity contribution in [2.24, 2.45) is 0 Å². The highest BCUT2D eigenvalue weighted by Gasteiger charge is 2.22. The molecule has 1 heterocycles. The molecule has 0 bridgehead atoms. The fraction of sp³-hybridized carbons (Fsp3) is 0.167. The Balaban J connectivity index is 2.20. The van der Waals surface area contributed by atoms with Gasteiger partial charge in [0.05, 0.1) is 18.3 Å². The summed E-state index contributed by atoms with van der Waals surface area (Å²) in [6.07, 6.45) is 0. The molecule has 0 amide bonds. The third-order valence-electron chi connectivity index (χ3n) is 2.34. The molecule has 1 aromatic heterocycles. The zero-order chi connectivity index (χ0) is 13.0. The number of ether oxygens (including phenoxy) is 1. The van der Waals surface area contributed by atoms with Crippen molar-refractivity contribution in [1.82, 2.24) is 4.98 Å². The number of hydrogen-bond acceptors (Lipinski definition) is 5. The van der Waals surface area contributed by atoms with Crippen molar-refractivity contribution in [2.45, 2.75) is 6.04 Å². The maximum atomic E-state index is 11.8. The van der Waals surface area contributed by atoms with E-state index in [4.69, 9.17) is 4.74 Å². The highest BCUT2D eigenvalue weighted by molar-refractivity contribution is 9.10. The molecule has 0 aliphatic heterocycles. The number of esters is 1. The number of anilines is 1. The van der Waals surface area contributed by atoms with Gasteiger partial charge in [0.1, 0.15) is 0 Å². The Labute approximate surface area is 117 Å². The third kappa shape index (κ3) is 3.08. The summed E-state index contributed by atoms with van der Waals surface area (Å²) in [6, 6.07) is 6.98. The zero-order valence-corrected chi connectivity index (χ0v) is 12.0. The maximum Gasteiger partial charge on any atom is 0.334 e. The van der Waals surface area contributed by atoms with Gasteiger partial charge in [0.2, 0.25) is 0 Å². The first-order chi connectivity index (χ1) is 8.70. The Kier molecular flexibility index (Phi) is 4.33. The first-order valence-corrected chi connectivity index (χ1v) is 6.92. The second-order valence-corrected chi connectivity index (χ2v) is 5.16. The number of rotatable bonds is 4. The Bertz CT molecular complexity index is 513. The van der Waals surface area contributed by atoms with Crippen molar-refractivity contribution in [2.75, 3.05) is 12.4 Å². The van der Waals surface area contributed by atoms with E-state index in [9.17, 15) is 4.79 Å². The van der Waals surface area contributed by atoms with Crippen molar-refractivity contribution in [3.63, 3.8) is 0 Å². The van der Waals surface area contributed by atoms with Gasteiger partial charge in [-0.1, -0.05) is 15.9 Å². The summed E-state index contributed by atoms with van der Waals surface area (Å²) in [7, 11) is 1.37. The lowest BCUT2D eigenvalue weighted by atomic mass is 10.2. The van der Waals surface area contributed by atoms with Gasteiger partial charge >= 0.3 is 5.97 Å². The molecule has 0 fully saturated rings. The Morgan fingerprint density at radius 1 is 1.44 bits per heavy atom. The minimum absolute atomic E-state index is 0.358. The van der Waals surface area contributed by atoms with Crippen LogP contribution in [0.3, 0.4) is 0 Å².